The molecule has 1 aliphatic heterocycles. The number of carbonyl (C=O) groups is 2. The van der Waals surface area contributed by atoms with Crippen LogP contribution in [0.15, 0.2) is 60.7 Å². The number of nitrogens with one attached hydrogen (secondary N) is 2. The maximum atomic E-state index is 13.8. The maximum absolute atomic E-state index is 13.8. The van der Waals surface area contributed by atoms with E-state index in [1.165, 1.54) is 6.42 Å². The molecule has 238 valence electrons. The van der Waals surface area contributed by atoms with E-state index in [0.29, 0.717) is 38.4 Å². The van der Waals surface area contributed by atoms with E-state index in [2.05, 4.69) is 10.6 Å². The zero-order valence-corrected chi connectivity index (χ0v) is 25.6. The van der Waals surface area contributed by atoms with Crippen LogP contribution >= 0.6 is 0 Å². The van der Waals surface area contributed by atoms with Gasteiger partial charge in [0.1, 0.15) is 6.10 Å². The molecule has 5 rings (SSSR count). The molecule has 8 nitrogen and oxygen atoms in total. The van der Waals surface area contributed by atoms with Crippen LogP contribution in [0.25, 0.3) is 6.08 Å². The number of hydrogen-bond acceptors (Lipinski definition) is 6. The van der Waals surface area contributed by atoms with Gasteiger partial charge in [-0.25, -0.2) is 4.79 Å². The molecule has 2 aliphatic carbocycles. The van der Waals surface area contributed by atoms with Crippen molar-refractivity contribution in [2.24, 2.45) is 11.8 Å². The molecule has 1 saturated carbocycles. The Morgan fingerprint density at radius 2 is 1.77 bits per heavy atom. The lowest BCUT2D eigenvalue weighted by atomic mass is 9.82. The van der Waals surface area contributed by atoms with Gasteiger partial charge in [0.2, 0.25) is 5.91 Å². The highest BCUT2D eigenvalue weighted by Gasteiger charge is 2.35. The van der Waals surface area contributed by atoms with Crippen molar-refractivity contribution in [3.8, 4) is 0 Å². The van der Waals surface area contributed by atoms with Gasteiger partial charge in [-0.1, -0.05) is 98.9 Å². The van der Waals surface area contributed by atoms with E-state index < -0.39 is 36.3 Å². The van der Waals surface area contributed by atoms with Crippen molar-refractivity contribution in [2.45, 2.75) is 101 Å². The molecule has 2 aromatic carbocycles. The quantitative estimate of drug-likeness (QED) is 0.255. The molecule has 8 heteroatoms. The van der Waals surface area contributed by atoms with Crippen LogP contribution in [0.3, 0.4) is 0 Å². The molecule has 0 radical (unpaired) electrons. The summed E-state index contributed by atoms with van der Waals surface area (Å²) in [4.78, 5) is 26.8. The minimum atomic E-state index is -0.950. The third-order valence-electron chi connectivity index (χ3n) is 9.40. The molecule has 1 saturated heterocycles. The van der Waals surface area contributed by atoms with Crippen LogP contribution in [-0.4, -0.2) is 59.8 Å². The van der Waals surface area contributed by atoms with E-state index in [1.54, 1.807) is 0 Å². The lowest BCUT2D eigenvalue weighted by Gasteiger charge is -2.32. The summed E-state index contributed by atoms with van der Waals surface area (Å²) in [5.74, 6) is -0.388. The van der Waals surface area contributed by atoms with E-state index >= 15 is 0 Å². The van der Waals surface area contributed by atoms with E-state index in [9.17, 15) is 19.8 Å². The predicted octanol–water partition coefficient (Wildman–Crippen LogP) is 5.48. The van der Waals surface area contributed by atoms with Crippen molar-refractivity contribution in [3.63, 3.8) is 0 Å². The van der Waals surface area contributed by atoms with Crippen LogP contribution in [0.2, 0.25) is 0 Å². The second kappa shape index (κ2) is 16.2. The molecule has 4 N–H and O–H groups in total. The number of aliphatic hydroxyl groups is 2. The standard InChI is InChI=1S/C36H48N2O6/c39-32(31(21-26-13-5-2-6-14-26)37-36(42)44-29-18-10-20-43-24-29)23-28(17-9-15-25-11-3-1-4-12-25)35(41)38-34-30-19-8-7-16-27(30)22-33(34)40/h1,3-4,7-9,11-12,15-16,19,26,28-29,31-34,39-40H,2,5-6,10,13-14,17-18,20-24H2,(H,37,42)(H,38,41)/t28-,29+,31?,32+,33-,34+/m1/s1. The zero-order valence-electron chi connectivity index (χ0n) is 25.6. The van der Waals surface area contributed by atoms with Crippen LogP contribution in [0.4, 0.5) is 4.79 Å². The molecular weight excluding hydrogens is 556 g/mol. The fourth-order valence-electron chi connectivity index (χ4n) is 6.95. The minimum absolute atomic E-state index is 0.166. The second-order valence-electron chi connectivity index (χ2n) is 12.7. The molecule has 2 amide bonds. The van der Waals surface area contributed by atoms with Gasteiger partial charge in [-0.15, -0.1) is 0 Å². The van der Waals surface area contributed by atoms with Crippen LogP contribution in [-0.2, 0) is 20.7 Å². The van der Waals surface area contributed by atoms with Crippen LogP contribution in [0, 0.1) is 11.8 Å². The normalized spacial score (nSPS) is 24.3. The zero-order chi connectivity index (χ0) is 30.7. The number of allylic oxidation sites excluding steroid dienone is 1. The van der Waals surface area contributed by atoms with Crippen molar-refractivity contribution < 1.29 is 29.3 Å². The average molecular weight is 605 g/mol. The number of ether oxygens (including phenoxy) is 2. The largest absolute Gasteiger partial charge is 0.444 e. The predicted molar refractivity (Wildman–Crippen MR) is 170 cm³/mol. The minimum Gasteiger partial charge on any atom is -0.444 e. The molecule has 0 spiro atoms. The van der Waals surface area contributed by atoms with Gasteiger partial charge in [0.15, 0.2) is 0 Å². The lowest BCUT2D eigenvalue weighted by molar-refractivity contribution is -0.127. The van der Waals surface area contributed by atoms with E-state index in [-0.39, 0.29) is 18.4 Å². The molecule has 2 aromatic rings. The molecule has 44 heavy (non-hydrogen) atoms. The van der Waals surface area contributed by atoms with Gasteiger partial charge in [0.05, 0.1) is 30.9 Å². The fourth-order valence-corrected chi connectivity index (χ4v) is 6.95. The number of rotatable bonds is 12. The van der Waals surface area contributed by atoms with Gasteiger partial charge < -0.3 is 30.3 Å². The molecule has 0 aromatic heterocycles. The summed E-state index contributed by atoms with van der Waals surface area (Å²) in [5, 5.41) is 28.5. The number of benzene rings is 2. The van der Waals surface area contributed by atoms with E-state index in [0.717, 1.165) is 55.2 Å². The Morgan fingerprint density at radius 1 is 1.00 bits per heavy atom. The van der Waals surface area contributed by atoms with Crippen molar-refractivity contribution in [2.75, 3.05) is 13.2 Å². The number of amides is 2. The third kappa shape index (κ3) is 9.16. The Morgan fingerprint density at radius 3 is 2.55 bits per heavy atom. The summed E-state index contributed by atoms with van der Waals surface area (Å²) >= 11 is 0. The Labute approximate surface area is 261 Å². The molecule has 3 aliphatic rings. The first-order valence-electron chi connectivity index (χ1n) is 16.5. The van der Waals surface area contributed by atoms with Crippen molar-refractivity contribution >= 4 is 18.1 Å². The van der Waals surface area contributed by atoms with Gasteiger partial charge in [-0.3, -0.25) is 4.79 Å². The van der Waals surface area contributed by atoms with E-state index in [4.69, 9.17) is 9.47 Å². The average Bonchev–Trinajstić information content (AvgIpc) is 3.36. The first-order chi connectivity index (χ1) is 21.5. The SMILES string of the molecule is O=C(NC(CC1CCCCC1)[C@@H](O)C[C@@H](CC=Cc1ccccc1)C(=O)N[C@H]1c2ccccc2C[C@H]1O)O[C@H]1CCCOC1. The van der Waals surface area contributed by atoms with Crippen LogP contribution in [0.1, 0.15) is 86.9 Å². The highest BCUT2D eigenvalue weighted by molar-refractivity contribution is 5.80. The molecule has 1 unspecified atom stereocenters. The number of carbonyl (C=O) groups excluding carboxylic acids is 2. The first kappa shape index (κ1) is 32.2. The van der Waals surface area contributed by atoms with Gasteiger partial charge in [-0.2, -0.15) is 0 Å². The number of hydrogen-bond donors (Lipinski definition) is 4. The lowest BCUT2D eigenvalue weighted by Crippen LogP contribution is -2.48. The highest BCUT2D eigenvalue weighted by Crippen LogP contribution is 2.33. The molecular formula is C36H48N2O6. The maximum Gasteiger partial charge on any atom is 0.407 e. The van der Waals surface area contributed by atoms with Gasteiger partial charge >= 0.3 is 6.09 Å². The monoisotopic (exact) mass is 604 g/mol. The number of alkyl carbamates (subject to hydrolysis) is 1. The van der Waals surface area contributed by atoms with Crippen molar-refractivity contribution in [1.82, 2.24) is 10.6 Å². The number of aliphatic hydroxyl groups excluding tert-OH is 2. The first-order valence-corrected chi connectivity index (χ1v) is 16.5. The van der Waals surface area contributed by atoms with Crippen LogP contribution < -0.4 is 10.6 Å². The Kier molecular flexibility index (Phi) is 11.9. The van der Waals surface area contributed by atoms with Gasteiger partial charge in [0.25, 0.3) is 0 Å². The second-order valence-corrected chi connectivity index (χ2v) is 12.7. The summed E-state index contributed by atoms with van der Waals surface area (Å²) in [6.07, 6.45) is 10.4. The summed E-state index contributed by atoms with van der Waals surface area (Å²) < 4.78 is 11.1. The van der Waals surface area contributed by atoms with Gasteiger partial charge in [0, 0.05) is 18.9 Å². The summed E-state index contributed by atoms with van der Waals surface area (Å²) in [6.45, 7) is 1.06. The van der Waals surface area contributed by atoms with Gasteiger partial charge in [-0.05, 0) is 54.7 Å². The van der Waals surface area contributed by atoms with Crippen LogP contribution in [0.5, 0.6) is 0 Å². The van der Waals surface area contributed by atoms with Crippen molar-refractivity contribution in [3.05, 3.63) is 77.4 Å². The Hall–Kier alpha value is -3.20. The molecule has 0 bridgehead atoms. The van der Waals surface area contributed by atoms with E-state index in [1.807, 2.05) is 66.7 Å². The molecule has 1 heterocycles. The smallest absolute Gasteiger partial charge is 0.407 e. The summed E-state index contributed by atoms with van der Waals surface area (Å²) in [7, 11) is 0. The summed E-state index contributed by atoms with van der Waals surface area (Å²) in [6, 6.07) is 16.6. The molecule has 6 atom stereocenters. The third-order valence-corrected chi connectivity index (χ3v) is 9.40. The Balaban J connectivity index is 1.30. The summed E-state index contributed by atoms with van der Waals surface area (Å²) in [5.41, 5.74) is 2.99. The molecule has 2 fully saturated rings. The topological polar surface area (TPSA) is 117 Å². The Bertz CT molecular complexity index is 1220. The number of fused-ring (bicyclic) bond motifs is 1. The highest BCUT2D eigenvalue weighted by atomic mass is 16.6. The fraction of sp³-hybridized carbons (Fsp3) is 0.556. The van der Waals surface area contributed by atoms with Crippen molar-refractivity contribution in [1.29, 1.82) is 0 Å².